The molecule has 0 aliphatic carbocycles. The highest BCUT2D eigenvalue weighted by Gasteiger charge is 2.15. The quantitative estimate of drug-likeness (QED) is 0.884. The molecule has 0 spiro atoms. The maximum atomic E-state index is 11.9. The molecule has 1 amide bonds. The standard InChI is InChI=1S/C16H20N2O3/c1-17(2)16(20)12-18(11-14-7-5-9-21-14)10-13-6-3-4-8-15(13)19/h3-9,19H,10-12H2,1-2H3. The minimum atomic E-state index is 0.0111. The molecule has 1 aromatic heterocycles. The van der Waals surface area contributed by atoms with Gasteiger partial charge in [0.05, 0.1) is 19.4 Å². The van der Waals surface area contributed by atoms with Gasteiger partial charge >= 0.3 is 0 Å². The third-order valence-electron chi connectivity index (χ3n) is 3.20. The lowest BCUT2D eigenvalue weighted by molar-refractivity contribution is -0.130. The minimum absolute atomic E-state index is 0.0111. The molecular formula is C16H20N2O3. The number of likely N-dealkylation sites (N-methyl/N-ethyl adjacent to an activating group) is 1. The third-order valence-corrected chi connectivity index (χ3v) is 3.20. The van der Waals surface area contributed by atoms with Gasteiger partial charge in [0.1, 0.15) is 11.5 Å². The van der Waals surface area contributed by atoms with Gasteiger partial charge in [0.2, 0.25) is 5.91 Å². The van der Waals surface area contributed by atoms with E-state index >= 15 is 0 Å². The van der Waals surface area contributed by atoms with Crippen molar-refractivity contribution in [3.8, 4) is 5.75 Å². The second kappa shape index (κ2) is 6.95. The van der Waals surface area contributed by atoms with Gasteiger partial charge in [-0.1, -0.05) is 18.2 Å². The number of phenols is 1. The molecule has 1 N–H and O–H groups in total. The summed E-state index contributed by atoms with van der Waals surface area (Å²) in [5.41, 5.74) is 0.788. The van der Waals surface area contributed by atoms with Crippen molar-refractivity contribution in [1.29, 1.82) is 0 Å². The van der Waals surface area contributed by atoms with Gasteiger partial charge in [-0.05, 0) is 18.2 Å². The number of hydrogen-bond acceptors (Lipinski definition) is 4. The monoisotopic (exact) mass is 288 g/mol. The first-order valence-electron chi connectivity index (χ1n) is 6.78. The molecule has 2 aromatic rings. The lowest BCUT2D eigenvalue weighted by atomic mass is 10.2. The summed E-state index contributed by atoms with van der Waals surface area (Å²) in [6.07, 6.45) is 1.61. The van der Waals surface area contributed by atoms with Crippen LogP contribution in [-0.4, -0.2) is 41.5 Å². The van der Waals surface area contributed by atoms with Gasteiger partial charge in [-0.3, -0.25) is 9.69 Å². The van der Waals surface area contributed by atoms with Gasteiger partial charge in [0, 0.05) is 26.2 Å². The predicted molar refractivity (Wildman–Crippen MR) is 79.6 cm³/mol. The molecule has 0 aliphatic rings. The lowest BCUT2D eigenvalue weighted by Gasteiger charge is -2.23. The lowest BCUT2D eigenvalue weighted by Crippen LogP contribution is -2.35. The Balaban J connectivity index is 2.11. The molecule has 0 atom stereocenters. The van der Waals surface area contributed by atoms with Crippen LogP contribution >= 0.6 is 0 Å². The number of para-hydroxylation sites is 1. The summed E-state index contributed by atoms with van der Waals surface area (Å²) < 4.78 is 5.34. The average Bonchev–Trinajstić information content (AvgIpc) is 2.94. The molecule has 5 nitrogen and oxygen atoms in total. The van der Waals surface area contributed by atoms with Crippen LogP contribution in [0.2, 0.25) is 0 Å². The molecule has 21 heavy (non-hydrogen) atoms. The van der Waals surface area contributed by atoms with Crippen LogP contribution in [-0.2, 0) is 17.9 Å². The van der Waals surface area contributed by atoms with Gasteiger partial charge in [0.25, 0.3) is 0 Å². The molecule has 1 aromatic carbocycles. The largest absolute Gasteiger partial charge is 0.508 e. The second-order valence-electron chi connectivity index (χ2n) is 5.14. The first-order valence-corrected chi connectivity index (χ1v) is 6.78. The maximum absolute atomic E-state index is 11.9. The molecule has 0 unspecified atom stereocenters. The van der Waals surface area contributed by atoms with Crippen molar-refractivity contribution in [3.05, 3.63) is 54.0 Å². The Kier molecular flexibility index (Phi) is 5.00. The van der Waals surface area contributed by atoms with E-state index < -0.39 is 0 Å². The Morgan fingerprint density at radius 2 is 1.90 bits per heavy atom. The van der Waals surface area contributed by atoms with Crippen LogP contribution in [0.4, 0.5) is 0 Å². The summed E-state index contributed by atoms with van der Waals surface area (Å²) in [4.78, 5) is 15.4. The fourth-order valence-corrected chi connectivity index (χ4v) is 2.01. The number of hydrogen-bond donors (Lipinski definition) is 1. The van der Waals surface area contributed by atoms with Crippen LogP contribution in [0.5, 0.6) is 5.75 Å². The van der Waals surface area contributed by atoms with Crippen molar-refractivity contribution in [3.63, 3.8) is 0 Å². The van der Waals surface area contributed by atoms with Crippen LogP contribution in [0, 0.1) is 0 Å². The molecule has 2 rings (SSSR count). The Morgan fingerprint density at radius 1 is 1.14 bits per heavy atom. The number of amides is 1. The van der Waals surface area contributed by atoms with Crippen molar-refractivity contribution in [2.24, 2.45) is 0 Å². The van der Waals surface area contributed by atoms with Gasteiger partial charge in [-0.25, -0.2) is 0 Å². The highest BCUT2D eigenvalue weighted by Crippen LogP contribution is 2.19. The number of carbonyl (C=O) groups is 1. The fourth-order valence-electron chi connectivity index (χ4n) is 2.01. The first kappa shape index (κ1) is 15.1. The number of aromatic hydroxyl groups is 1. The number of carbonyl (C=O) groups excluding carboxylic acids is 1. The van der Waals surface area contributed by atoms with E-state index in [1.807, 2.05) is 29.2 Å². The topological polar surface area (TPSA) is 56.9 Å². The molecule has 0 saturated heterocycles. The van der Waals surface area contributed by atoms with E-state index in [0.29, 0.717) is 13.1 Å². The SMILES string of the molecule is CN(C)C(=O)CN(Cc1ccco1)Cc1ccccc1O. The van der Waals surface area contributed by atoms with E-state index in [9.17, 15) is 9.90 Å². The zero-order valence-corrected chi connectivity index (χ0v) is 12.3. The van der Waals surface area contributed by atoms with Crippen molar-refractivity contribution in [2.45, 2.75) is 13.1 Å². The van der Waals surface area contributed by atoms with Crippen LogP contribution in [0.3, 0.4) is 0 Å². The van der Waals surface area contributed by atoms with Crippen LogP contribution in [0.25, 0.3) is 0 Å². The fraction of sp³-hybridized carbons (Fsp3) is 0.312. The molecule has 5 heteroatoms. The molecule has 0 radical (unpaired) electrons. The minimum Gasteiger partial charge on any atom is -0.508 e. The highest BCUT2D eigenvalue weighted by atomic mass is 16.3. The highest BCUT2D eigenvalue weighted by molar-refractivity contribution is 5.77. The van der Waals surface area contributed by atoms with E-state index in [1.54, 1.807) is 37.4 Å². The summed E-state index contributed by atoms with van der Waals surface area (Å²) in [6.45, 7) is 1.26. The molecule has 0 aliphatic heterocycles. The summed E-state index contributed by atoms with van der Waals surface area (Å²) >= 11 is 0. The number of nitrogens with zero attached hydrogens (tertiary/aromatic N) is 2. The average molecular weight is 288 g/mol. The van der Waals surface area contributed by atoms with Gasteiger partial charge in [-0.2, -0.15) is 0 Å². The summed E-state index contributed by atoms with van der Waals surface area (Å²) in [7, 11) is 3.46. The van der Waals surface area contributed by atoms with Crippen molar-refractivity contribution >= 4 is 5.91 Å². The Hall–Kier alpha value is -2.27. The van der Waals surface area contributed by atoms with Crippen molar-refractivity contribution in [1.82, 2.24) is 9.80 Å². The van der Waals surface area contributed by atoms with E-state index in [1.165, 1.54) is 0 Å². The zero-order chi connectivity index (χ0) is 15.2. The second-order valence-corrected chi connectivity index (χ2v) is 5.14. The number of benzene rings is 1. The summed E-state index contributed by atoms with van der Waals surface area (Å²) in [6, 6.07) is 10.8. The van der Waals surface area contributed by atoms with Crippen LogP contribution in [0.1, 0.15) is 11.3 Å². The van der Waals surface area contributed by atoms with Gasteiger partial charge in [-0.15, -0.1) is 0 Å². The molecule has 0 fully saturated rings. The molecule has 112 valence electrons. The van der Waals surface area contributed by atoms with E-state index in [0.717, 1.165) is 11.3 Å². The number of furan rings is 1. The van der Waals surface area contributed by atoms with E-state index in [2.05, 4.69) is 0 Å². The summed E-state index contributed by atoms with van der Waals surface area (Å²) in [5.74, 6) is 1.04. The van der Waals surface area contributed by atoms with Crippen molar-refractivity contribution in [2.75, 3.05) is 20.6 Å². The maximum Gasteiger partial charge on any atom is 0.236 e. The Bertz CT molecular complexity index is 579. The number of rotatable bonds is 6. The predicted octanol–water partition coefficient (Wildman–Crippen LogP) is 2.08. The molecule has 0 saturated carbocycles. The normalized spacial score (nSPS) is 10.8. The van der Waals surface area contributed by atoms with Crippen molar-refractivity contribution < 1.29 is 14.3 Å². The smallest absolute Gasteiger partial charge is 0.236 e. The number of phenolic OH excluding ortho intramolecular Hbond substituents is 1. The first-order chi connectivity index (χ1) is 10.1. The molecule has 1 heterocycles. The Morgan fingerprint density at radius 3 is 2.52 bits per heavy atom. The third kappa shape index (κ3) is 4.36. The zero-order valence-electron chi connectivity index (χ0n) is 12.3. The van der Waals surface area contributed by atoms with E-state index in [-0.39, 0.29) is 18.2 Å². The van der Waals surface area contributed by atoms with E-state index in [4.69, 9.17) is 4.42 Å². The molecular weight excluding hydrogens is 268 g/mol. The van der Waals surface area contributed by atoms with Gasteiger partial charge in [0.15, 0.2) is 0 Å². The van der Waals surface area contributed by atoms with Gasteiger partial charge < -0.3 is 14.4 Å². The molecule has 0 bridgehead atoms. The van der Waals surface area contributed by atoms with Crippen LogP contribution in [0.15, 0.2) is 47.1 Å². The summed E-state index contributed by atoms with van der Waals surface area (Å²) in [5, 5.41) is 9.88. The van der Waals surface area contributed by atoms with Crippen LogP contribution < -0.4 is 0 Å². The Labute approximate surface area is 124 Å².